The van der Waals surface area contributed by atoms with Gasteiger partial charge in [0.05, 0.1) is 22.9 Å². The van der Waals surface area contributed by atoms with Gasteiger partial charge in [-0.25, -0.2) is 0 Å². The SMILES string of the molecule is CN(Cc1ccccn1)c1ccc(N)cc1Cl. The Bertz CT molecular complexity index is 499. The van der Waals surface area contributed by atoms with Crippen molar-refractivity contribution in [3.05, 3.63) is 53.3 Å². The maximum atomic E-state index is 6.15. The van der Waals surface area contributed by atoms with Gasteiger partial charge < -0.3 is 10.6 Å². The molecule has 0 radical (unpaired) electrons. The average Bonchev–Trinajstić information content (AvgIpc) is 2.30. The maximum Gasteiger partial charge on any atom is 0.0660 e. The van der Waals surface area contributed by atoms with Crippen molar-refractivity contribution in [3.63, 3.8) is 0 Å². The van der Waals surface area contributed by atoms with Crippen LogP contribution in [0, 0.1) is 0 Å². The molecule has 0 fully saturated rings. The Morgan fingerprint density at radius 2 is 2.12 bits per heavy atom. The first-order valence-electron chi connectivity index (χ1n) is 5.33. The number of pyridine rings is 1. The molecule has 0 saturated heterocycles. The van der Waals surface area contributed by atoms with E-state index in [9.17, 15) is 0 Å². The predicted molar refractivity (Wildman–Crippen MR) is 72.2 cm³/mol. The van der Waals surface area contributed by atoms with E-state index >= 15 is 0 Å². The Hall–Kier alpha value is -1.74. The average molecular weight is 248 g/mol. The van der Waals surface area contributed by atoms with Gasteiger partial charge in [-0.1, -0.05) is 17.7 Å². The highest BCUT2D eigenvalue weighted by molar-refractivity contribution is 6.33. The molecule has 0 aliphatic heterocycles. The van der Waals surface area contributed by atoms with E-state index in [4.69, 9.17) is 17.3 Å². The lowest BCUT2D eigenvalue weighted by Gasteiger charge is -2.20. The molecule has 0 unspecified atom stereocenters. The van der Waals surface area contributed by atoms with Crippen LogP contribution in [-0.4, -0.2) is 12.0 Å². The summed E-state index contributed by atoms with van der Waals surface area (Å²) in [6.45, 7) is 0.713. The predicted octanol–water partition coefficient (Wildman–Crippen LogP) is 2.95. The summed E-state index contributed by atoms with van der Waals surface area (Å²) in [6.07, 6.45) is 1.79. The van der Waals surface area contributed by atoms with Gasteiger partial charge in [0.25, 0.3) is 0 Å². The van der Waals surface area contributed by atoms with Crippen LogP contribution in [0.15, 0.2) is 42.6 Å². The molecule has 4 heteroatoms. The Morgan fingerprint density at radius 3 is 2.76 bits per heavy atom. The van der Waals surface area contributed by atoms with E-state index in [2.05, 4.69) is 4.98 Å². The molecule has 0 spiro atoms. The first-order valence-corrected chi connectivity index (χ1v) is 5.70. The Balaban J connectivity index is 2.17. The molecule has 17 heavy (non-hydrogen) atoms. The van der Waals surface area contributed by atoms with Crippen molar-refractivity contribution in [2.75, 3.05) is 17.7 Å². The number of anilines is 2. The molecule has 2 rings (SSSR count). The van der Waals surface area contributed by atoms with Crippen LogP contribution in [0.2, 0.25) is 5.02 Å². The molecule has 1 heterocycles. The largest absolute Gasteiger partial charge is 0.399 e. The second-order valence-corrected chi connectivity index (χ2v) is 4.30. The fraction of sp³-hybridized carbons (Fsp3) is 0.154. The summed E-state index contributed by atoms with van der Waals surface area (Å²) >= 11 is 6.15. The van der Waals surface area contributed by atoms with Gasteiger partial charge in [0.2, 0.25) is 0 Å². The van der Waals surface area contributed by atoms with Crippen molar-refractivity contribution in [2.24, 2.45) is 0 Å². The van der Waals surface area contributed by atoms with Crippen molar-refractivity contribution in [3.8, 4) is 0 Å². The summed E-state index contributed by atoms with van der Waals surface area (Å²) in [4.78, 5) is 6.33. The Kier molecular flexibility index (Phi) is 3.49. The number of aromatic nitrogens is 1. The molecule has 2 N–H and O–H groups in total. The molecule has 0 bridgehead atoms. The van der Waals surface area contributed by atoms with Gasteiger partial charge in [-0.05, 0) is 30.3 Å². The summed E-state index contributed by atoms with van der Waals surface area (Å²) in [5.74, 6) is 0. The van der Waals surface area contributed by atoms with Gasteiger partial charge >= 0.3 is 0 Å². The zero-order chi connectivity index (χ0) is 12.3. The molecule has 0 aliphatic carbocycles. The van der Waals surface area contributed by atoms with Crippen molar-refractivity contribution in [1.29, 1.82) is 0 Å². The number of nitrogen functional groups attached to an aromatic ring is 1. The minimum absolute atomic E-state index is 0.656. The number of nitrogens with zero attached hydrogens (tertiary/aromatic N) is 2. The molecule has 2 aromatic rings. The second-order valence-electron chi connectivity index (χ2n) is 3.89. The molecule has 1 aromatic carbocycles. The number of halogens is 1. The Morgan fingerprint density at radius 1 is 1.29 bits per heavy atom. The maximum absolute atomic E-state index is 6.15. The summed E-state index contributed by atoms with van der Waals surface area (Å²) in [5.41, 5.74) is 8.29. The van der Waals surface area contributed by atoms with Crippen molar-refractivity contribution in [1.82, 2.24) is 4.98 Å². The van der Waals surface area contributed by atoms with Crippen LogP contribution in [0.4, 0.5) is 11.4 Å². The van der Waals surface area contributed by atoms with Crippen molar-refractivity contribution in [2.45, 2.75) is 6.54 Å². The third-order valence-electron chi connectivity index (χ3n) is 2.51. The van der Waals surface area contributed by atoms with Crippen LogP contribution >= 0.6 is 11.6 Å². The quantitative estimate of drug-likeness (QED) is 0.848. The van der Waals surface area contributed by atoms with E-state index in [0.717, 1.165) is 11.4 Å². The molecule has 0 saturated carbocycles. The van der Waals surface area contributed by atoms with E-state index in [1.807, 2.05) is 42.3 Å². The van der Waals surface area contributed by atoms with Gasteiger partial charge in [0, 0.05) is 18.9 Å². The summed E-state index contributed by atoms with van der Waals surface area (Å²) in [5, 5.41) is 0.656. The molecule has 0 atom stereocenters. The second kappa shape index (κ2) is 5.06. The fourth-order valence-corrected chi connectivity index (χ4v) is 1.99. The van der Waals surface area contributed by atoms with Gasteiger partial charge in [0.1, 0.15) is 0 Å². The normalized spacial score (nSPS) is 10.2. The lowest BCUT2D eigenvalue weighted by molar-refractivity contribution is 0.885. The third-order valence-corrected chi connectivity index (χ3v) is 2.81. The minimum atomic E-state index is 0.656. The van der Waals surface area contributed by atoms with Crippen LogP contribution in [0.5, 0.6) is 0 Å². The lowest BCUT2D eigenvalue weighted by atomic mass is 10.2. The fourth-order valence-electron chi connectivity index (χ4n) is 1.65. The first kappa shape index (κ1) is 11.7. The van der Waals surface area contributed by atoms with Crippen LogP contribution < -0.4 is 10.6 Å². The molecule has 0 amide bonds. The number of benzene rings is 1. The van der Waals surface area contributed by atoms with E-state index < -0.39 is 0 Å². The number of nitrogens with two attached hydrogens (primary N) is 1. The van der Waals surface area contributed by atoms with E-state index in [1.165, 1.54) is 0 Å². The third kappa shape index (κ3) is 2.88. The van der Waals surface area contributed by atoms with Gasteiger partial charge in [0.15, 0.2) is 0 Å². The van der Waals surface area contributed by atoms with Crippen LogP contribution in [0.1, 0.15) is 5.69 Å². The molecule has 0 aliphatic rings. The molecule has 88 valence electrons. The smallest absolute Gasteiger partial charge is 0.0660 e. The van der Waals surface area contributed by atoms with Crippen molar-refractivity contribution >= 4 is 23.0 Å². The monoisotopic (exact) mass is 247 g/mol. The van der Waals surface area contributed by atoms with Gasteiger partial charge in [-0.2, -0.15) is 0 Å². The van der Waals surface area contributed by atoms with E-state index in [0.29, 0.717) is 17.3 Å². The van der Waals surface area contributed by atoms with E-state index in [-0.39, 0.29) is 0 Å². The number of hydrogen-bond donors (Lipinski definition) is 1. The summed E-state index contributed by atoms with van der Waals surface area (Å²) in [6, 6.07) is 11.4. The highest BCUT2D eigenvalue weighted by atomic mass is 35.5. The van der Waals surface area contributed by atoms with Gasteiger partial charge in [-0.15, -0.1) is 0 Å². The minimum Gasteiger partial charge on any atom is -0.399 e. The zero-order valence-corrected chi connectivity index (χ0v) is 10.4. The zero-order valence-electron chi connectivity index (χ0n) is 9.60. The van der Waals surface area contributed by atoms with E-state index in [1.54, 1.807) is 12.3 Å². The molecule has 3 nitrogen and oxygen atoms in total. The standard InChI is InChI=1S/C13H14ClN3/c1-17(9-11-4-2-3-7-16-11)13-6-5-10(15)8-12(13)14/h2-8H,9,15H2,1H3. The Labute approximate surface area is 106 Å². The number of hydrogen-bond acceptors (Lipinski definition) is 3. The highest BCUT2D eigenvalue weighted by Gasteiger charge is 2.07. The van der Waals surface area contributed by atoms with Gasteiger partial charge in [-0.3, -0.25) is 4.98 Å². The van der Waals surface area contributed by atoms with Crippen molar-refractivity contribution < 1.29 is 0 Å². The molecular formula is C13H14ClN3. The number of rotatable bonds is 3. The summed E-state index contributed by atoms with van der Waals surface area (Å²) in [7, 11) is 1.98. The van der Waals surface area contributed by atoms with Crippen LogP contribution in [0.25, 0.3) is 0 Å². The lowest BCUT2D eigenvalue weighted by Crippen LogP contribution is -2.17. The molecular weight excluding hydrogens is 234 g/mol. The highest BCUT2D eigenvalue weighted by Crippen LogP contribution is 2.27. The topological polar surface area (TPSA) is 42.2 Å². The summed E-state index contributed by atoms with van der Waals surface area (Å²) < 4.78 is 0. The van der Waals surface area contributed by atoms with Crippen LogP contribution in [-0.2, 0) is 6.54 Å². The molecule has 1 aromatic heterocycles. The van der Waals surface area contributed by atoms with Crippen LogP contribution in [0.3, 0.4) is 0 Å². The first-order chi connectivity index (χ1) is 8.16.